The number of sulfonamides is 1. The Morgan fingerprint density at radius 2 is 1.75 bits per heavy atom. The van der Waals surface area contributed by atoms with Gasteiger partial charge in [-0.15, -0.1) is 12.4 Å². The fourth-order valence-electron chi connectivity index (χ4n) is 4.16. The molecule has 2 unspecified atom stereocenters. The maximum Gasteiger partial charge on any atom is 0.251 e. The molecule has 1 aliphatic heterocycles. The number of nitrogens with two attached hydrogens (primary N) is 1. The van der Waals surface area contributed by atoms with Gasteiger partial charge in [0, 0.05) is 24.7 Å². The third-order valence-corrected chi connectivity index (χ3v) is 7.72. The highest BCUT2D eigenvalue weighted by Gasteiger charge is 2.28. The smallest absolute Gasteiger partial charge is 0.251 e. The van der Waals surface area contributed by atoms with Crippen molar-refractivity contribution < 1.29 is 13.2 Å². The maximum absolute atomic E-state index is 13.0. The third kappa shape index (κ3) is 5.47. The minimum Gasteiger partial charge on any atom is -0.349 e. The quantitative estimate of drug-likeness (QED) is 0.752. The molecule has 3 rings (SSSR count). The molecule has 2 fully saturated rings. The Hall–Kier alpha value is -1.15. The van der Waals surface area contributed by atoms with Gasteiger partial charge in [0.05, 0.1) is 4.90 Å². The van der Waals surface area contributed by atoms with Gasteiger partial charge in [-0.3, -0.25) is 4.79 Å². The zero-order valence-electron chi connectivity index (χ0n) is 16.3. The summed E-state index contributed by atoms with van der Waals surface area (Å²) in [5.74, 6) is 0.0833. The van der Waals surface area contributed by atoms with E-state index in [0.29, 0.717) is 31.1 Å². The van der Waals surface area contributed by atoms with Crippen LogP contribution in [0.5, 0.6) is 0 Å². The lowest BCUT2D eigenvalue weighted by atomic mass is 9.84. The molecule has 1 amide bonds. The van der Waals surface area contributed by atoms with E-state index in [9.17, 15) is 13.2 Å². The van der Waals surface area contributed by atoms with Gasteiger partial charge in [-0.25, -0.2) is 8.42 Å². The molecule has 1 heterocycles. The van der Waals surface area contributed by atoms with E-state index in [-0.39, 0.29) is 29.3 Å². The van der Waals surface area contributed by atoms with E-state index in [1.165, 1.54) is 6.07 Å². The molecule has 28 heavy (non-hydrogen) atoms. The number of carbonyl (C=O) groups is 1. The number of amides is 1. The van der Waals surface area contributed by atoms with E-state index < -0.39 is 10.0 Å². The molecule has 2 aliphatic rings. The number of rotatable bonds is 5. The fourth-order valence-corrected chi connectivity index (χ4v) is 5.72. The molecule has 6 nitrogen and oxygen atoms in total. The second kappa shape index (κ2) is 10.6. The molecule has 0 bridgehead atoms. The number of benzene rings is 1. The molecule has 8 heteroatoms. The van der Waals surface area contributed by atoms with Crippen LogP contribution in [-0.2, 0) is 10.0 Å². The van der Waals surface area contributed by atoms with E-state index in [2.05, 4.69) is 5.32 Å². The minimum atomic E-state index is -3.56. The molecule has 158 valence electrons. The number of nitrogens with zero attached hydrogens (tertiary/aromatic N) is 1. The van der Waals surface area contributed by atoms with Gasteiger partial charge in [0.2, 0.25) is 10.0 Å². The van der Waals surface area contributed by atoms with Crippen molar-refractivity contribution in [3.8, 4) is 0 Å². The van der Waals surface area contributed by atoms with Crippen molar-refractivity contribution in [1.82, 2.24) is 9.62 Å². The summed E-state index contributed by atoms with van der Waals surface area (Å²) in [6, 6.07) is 6.50. The Balaban J connectivity index is 0.00000280. The van der Waals surface area contributed by atoms with Crippen LogP contribution in [-0.4, -0.2) is 44.3 Å². The monoisotopic (exact) mass is 429 g/mol. The van der Waals surface area contributed by atoms with Gasteiger partial charge in [-0.1, -0.05) is 31.7 Å². The van der Waals surface area contributed by atoms with Crippen molar-refractivity contribution in [2.24, 2.45) is 11.7 Å². The van der Waals surface area contributed by atoms with Gasteiger partial charge < -0.3 is 11.1 Å². The topological polar surface area (TPSA) is 92.5 Å². The zero-order valence-corrected chi connectivity index (χ0v) is 17.9. The second-order valence-electron chi connectivity index (χ2n) is 7.71. The summed E-state index contributed by atoms with van der Waals surface area (Å²) in [5, 5.41) is 3.08. The van der Waals surface area contributed by atoms with Crippen LogP contribution in [0.15, 0.2) is 29.2 Å². The summed E-state index contributed by atoms with van der Waals surface area (Å²) in [4.78, 5) is 12.9. The molecular weight excluding hydrogens is 398 g/mol. The van der Waals surface area contributed by atoms with Crippen LogP contribution in [0.25, 0.3) is 0 Å². The van der Waals surface area contributed by atoms with E-state index >= 15 is 0 Å². The van der Waals surface area contributed by atoms with Crippen LogP contribution >= 0.6 is 12.4 Å². The van der Waals surface area contributed by atoms with Crippen LogP contribution in [0.4, 0.5) is 0 Å². The average Bonchev–Trinajstić information content (AvgIpc) is 2.98. The molecule has 0 spiro atoms. The Morgan fingerprint density at radius 1 is 1.07 bits per heavy atom. The maximum atomic E-state index is 13.0. The number of nitrogens with one attached hydrogen (secondary N) is 1. The van der Waals surface area contributed by atoms with Gasteiger partial charge >= 0.3 is 0 Å². The minimum absolute atomic E-state index is 0. The molecule has 1 aliphatic carbocycles. The fraction of sp³-hybridized carbons (Fsp3) is 0.650. The normalized spacial score (nSPS) is 24.0. The van der Waals surface area contributed by atoms with Gasteiger partial charge in [-0.05, 0) is 56.3 Å². The predicted octanol–water partition coefficient (Wildman–Crippen LogP) is 2.92. The van der Waals surface area contributed by atoms with Crippen molar-refractivity contribution in [3.05, 3.63) is 29.8 Å². The lowest BCUT2D eigenvalue weighted by Gasteiger charge is -2.31. The summed E-state index contributed by atoms with van der Waals surface area (Å²) in [7, 11) is -3.56. The molecule has 0 radical (unpaired) electrons. The van der Waals surface area contributed by atoms with Crippen molar-refractivity contribution in [3.63, 3.8) is 0 Å². The first kappa shape index (κ1) is 23.1. The molecule has 2 atom stereocenters. The average molecular weight is 430 g/mol. The predicted molar refractivity (Wildman–Crippen MR) is 113 cm³/mol. The van der Waals surface area contributed by atoms with Gasteiger partial charge in [-0.2, -0.15) is 4.31 Å². The number of hydrogen-bond donors (Lipinski definition) is 2. The molecule has 1 saturated carbocycles. The number of hydrogen-bond acceptors (Lipinski definition) is 4. The highest BCUT2D eigenvalue weighted by Crippen LogP contribution is 2.25. The van der Waals surface area contributed by atoms with Gasteiger partial charge in [0.1, 0.15) is 0 Å². The summed E-state index contributed by atoms with van der Waals surface area (Å²) < 4.78 is 27.5. The summed E-state index contributed by atoms with van der Waals surface area (Å²) in [6.45, 7) is 1.67. The SMILES string of the molecule is Cl.NCC1CCCCC1NC(=O)c1cccc(S(=O)(=O)N2CCCCCC2)c1. The van der Waals surface area contributed by atoms with Gasteiger partial charge in [0.15, 0.2) is 0 Å². The van der Waals surface area contributed by atoms with Crippen molar-refractivity contribution in [1.29, 1.82) is 0 Å². The molecule has 1 saturated heterocycles. The van der Waals surface area contributed by atoms with Crippen LogP contribution in [0.2, 0.25) is 0 Å². The lowest BCUT2D eigenvalue weighted by molar-refractivity contribution is 0.0908. The van der Waals surface area contributed by atoms with Crippen molar-refractivity contribution in [2.75, 3.05) is 19.6 Å². The van der Waals surface area contributed by atoms with Crippen LogP contribution in [0, 0.1) is 5.92 Å². The second-order valence-corrected chi connectivity index (χ2v) is 9.64. The summed E-state index contributed by atoms with van der Waals surface area (Å²) in [5.41, 5.74) is 6.24. The molecular formula is C20H32ClN3O3S. The first-order valence-corrected chi connectivity index (χ1v) is 11.6. The number of carbonyl (C=O) groups excluding carboxylic acids is 1. The Kier molecular flexibility index (Phi) is 8.74. The first-order chi connectivity index (χ1) is 13.0. The molecule has 1 aromatic rings. The Morgan fingerprint density at radius 3 is 2.43 bits per heavy atom. The third-order valence-electron chi connectivity index (χ3n) is 5.83. The van der Waals surface area contributed by atoms with E-state index in [1.807, 2.05) is 0 Å². The number of halogens is 1. The van der Waals surface area contributed by atoms with Crippen molar-refractivity contribution in [2.45, 2.75) is 62.3 Å². The van der Waals surface area contributed by atoms with E-state index in [1.54, 1.807) is 22.5 Å². The zero-order chi connectivity index (χ0) is 19.3. The molecule has 3 N–H and O–H groups in total. The van der Waals surface area contributed by atoms with E-state index in [0.717, 1.165) is 51.4 Å². The van der Waals surface area contributed by atoms with Crippen LogP contribution in [0.3, 0.4) is 0 Å². The van der Waals surface area contributed by atoms with Crippen molar-refractivity contribution >= 4 is 28.3 Å². The van der Waals surface area contributed by atoms with Crippen LogP contribution < -0.4 is 11.1 Å². The molecule has 0 aromatic heterocycles. The first-order valence-electron chi connectivity index (χ1n) is 10.1. The summed E-state index contributed by atoms with van der Waals surface area (Å²) >= 11 is 0. The Bertz CT molecular complexity index is 749. The Labute approximate surface area is 174 Å². The summed E-state index contributed by atoms with van der Waals surface area (Å²) in [6.07, 6.45) is 8.12. The van der Waals surface area contributed by atoms with E-state index in [4.69, 9.17) is 5.73 Å². The lowest BCUT2D eigenvalue weighted by Crippen LogP contribution is -2.44. The highest BCUT2D eigenvalue weighted by atomic mass is 35.5. The standard InChI is InChI=1S/C20H31N3O3S.ClH/c21-15-17-8-3-4-11-19(17)22-20(24)16-9-7-10-18(14-16)27(25,26)23-12-5-1-2-6-13-23;/h7,9-10,14,17,19H,1-6,8,11-13,15,21H2,(H,22,24);1H. The highest BCUT2D eigenvalue weighted by molar-refractivity contribution is 7.89. The molecule has 1 aromatic carbocycles. The van der Waals surface area contributed by atoms with Crippen LogP contribution in [0.1, 0.15) is 61.7 Å². The van der Waals surface area contributed by atoms with Gasteiger partial charge in [0.25, 0.3) is 5.91 Å². The largest absolute Gasteiger partial charge is 0.349 e.